The highest BCUT2D eigenvalue weighted by Crippen LogP contribution is 2.41. The molecule has 0 aliphatic heterocycles. The second-order valence-electron chi connectivity index (χ2n) is 9.12. The van der Waals surface area contributed by atoms with Crippen LogP contribution in [0.3, 0.4) is 0 Å². The van der Waals surface area contributed by atoms with Crippen molar-refractivity contribution in [3.05, 3.63) is 42.4 Å². The number of carbonyl (C=O) groups is 1. The molecule has 216 valence electrons. The summed E-state index contributed by atoms with van der Waals surface area (Å²) in [5, 5.41) is 9.32. The number of hydrogen-bond acceptors (Lipinski definition) is 8. The minimum Gasteiger partial charge on any atom is -0.382 e. The van der Waals surface area contributed by atoms with Gasteiger partial charge in [0.2, 0.25) is 0 Å². The Bertz CT molecular complexity index is 1220. The number of nitrogens with one attached hydrogen (secondary N) is 1. The van der Waals surface area contributed by atoms with Crippen LogP contribution >= 0.6 is 0 Å². The number of hydrogen-bond donors (Lipinski definition) is 2. The Morgan fingerprint density at radius 1 is 1.08 bits per heavy atom. The largest absolute Gasteiger partial charge is 0.453 e. The van der Waals surface area contributed by atoms with Crippen molar-refractivity contribution in [2.45, 2.75) is 66.4 Å². The number of amides is 1. The van der Waals surface area contributed by atoms with Crippen LogP contribution in [0.4, 0.5) is 22.0 Å². The highest BCUT2D eigenvalue weighted by molar-refractivity contribution is 7.93. The second kappa shape index (κ2) is 12.2. The van der Waals surface area contributed by atoms with Crippen LogP contribution in [0.25, 0.3) is 11.3 Å². The molecule has 0 bridgehead atoms. The average molecular weight is 582 g/mol. The van der Waals surface area contributed by atoms with Gasteiger partial charge < -0.3 is 9.47 Å². The molecule has 1 aliphatic rings. The molecule has 2 N–H and O–H groups in total. The van der Waals surface area contributed by atoms with Gasteiger partial charge in [-0.1, -0.05) is 12.1 Å². The van der Waals surface area contributed by atoms with Crippen molar-refractivity contribution in [3.8, 4) is 11.3 Å². The van der Waals surface area contributed by atoms with Crippen molar-refractivity contribution < 1.29 is 49.8 Å². The van der Waals surface area contributed by atoms with Gasteiger partial charge >= 0.3 is 12.1 Å². The first-order valence-corrected chi connectivity index (χ1v) is 13.4. The summed E-state index contributed by atoms with van der Waals surface area (Å²) in [6.07, 6.45) is -5.42. The lowest BCUT2D eigenvalue weighted by atomic mass is 9.86. The number of halogens is 5. The standard InChI is InChI=1S/C24H28F5N3O6S/c1-37-12-13-38-18-7-9-22(10-8-18,21(33)32-34)39(35,36)19-4-2-16(3-5-19)20-15-30-17(14-31-20)6-11-23(25,26)24(27,28)29/h2-5,14-15,18,34H,6-13H2,1H3,(H,32,33). The van der Waals surface area contributed by atoms with Crippen molar-refractivity contribution in [2.75, 3.05) is 20.3 Å². The third kappa shape index (κ3) is 6.70. The highest BCUT2D eigenvalue weighted by atomic mass is 32.2. The molecule has 15 heteroatoms. The highest BCUT2D eigenvalue weighted by Gasteiger charge is 2.56. The Morgan fingerprint density at radius 3 is 2.23 bits per heavy atom. The molecule has 39 heavy (non-hydrogen) atoms. The molecule has 1 amide bonds. The molecule has 1 saturated carbocycles. The number of aryl methyl sites for hydroxylation is 1. The number of nitrogens with zero attached hydrogens (tertiary/aromatic N) is 2. The van der Waals surface area contributed by atoms with Gasteiger partial charge in [0.25, 0.3) is 5.91 Å². The molecule has 3 rings (SSSR count). The second-order valence-corrected chi connectivity index (χ2v) is 11.4. The molecule has 9 nitrogen and oxygen atoms in total. The van der Waals surface area contributed by atoms with E-state index in [9.17, 15) is 40.4 Å². The van der Waals surface area contributed by atoms with E-state index >= 15 is 0 Å². The lowest BCUT2D eigenvalue weighted by Gasteiger charge is -2.37. The topological polar surface area (TPSA) is 128 Å². The van der Waals surface area contributed by atoms with E-state index in [1.165, 1.54) is 43.1 Å². The van der Waals surface area contributed by atoms with E-state index in [1.54, 1.807) is 0 Å². The molecule has 0 radical (unpaired) electrons. The molecule has 1 aromatic carbocycles. The summed E-state index contributed by atoms with van der Waals surface area (Å²) in [6, 6.07) is 5.33. The van der Waals surface area contributed by atoms with Gasteiger partial charge in [0.1, 0.15) is 0 Å². The first-order chi connectivity index (χ1) is 18.3. The Morgan fingerprint density at radius 2 is 1.72 bits per heavy atom. The van der Waals surface area contributed by atoms with Crippen LogP contribution in [-0.2, 0) is 30.5 Å². The minimum atomic E-state index is -5.66. The van der Waals surface area contributed by atoms with Gasteiger partial charge in [-0.3, -0.25) is 20.0 Å². The van der Waals surface area contributed by atoms with Crippen LogP contribution in [0.15, 0.2) is 41.6 Å². The number of rotatable bonds is 11. The number of hydroxylamine groups is 1. The van der Waals surface area contributed by atoms with Gasteiger partial charge in [-0.15, -0.1) is 0 Å². The molecular formula is C24H28F5N3O6S. The van der Waals surface area contributed by atoms with Crippen LogP contribution in [0.2, 0.25) is 0 Å². The molecule has 1 heterocycles. The third-order valence-corrected chi connectivity index (χ3v) is 9.20. The molecular weight excluding hydrogens is 553 g/mol. The zero-order valence-electron chi connectivity index (χ0n) is 20.9. The van der Waals surface area contributed by atoms with E-state index < -0.39 is 45.4 Å². The van der Waals surface area contributed by atoms with Crippen molar-refractivity contribution in [2.24, 2.45) is 0 Å². The smallest absolute Gasteiger partial charge is 0.382 e. The number of aromatic nitrogens is 2. The minimum absolute atomic E-state index is 0.0689. The number of ether oxygens (including phenoxy) is 2. The fraction of sp³-hybridized carbons (Fsp3) is 0.542. The molecule has 0 atom stereocenters. The Kier molecular flexibility index (Phi) is 9.62. The van der Waals surface area contributed by atoms with E-state index in [-0.39, 0.29) is 48.1 Å². The Hall–Kier alpha value is -2.75. The number of methoxy groups -OCH3 is 1. The zero-order valence-corrected chi connectivity index (χ0v) is 21.7. The number of carbonyl (C=O) groups excluding carboxylic acids is 1. The van der Waals surface area contributed by atoms with Gasteiger partial charge in [-0.2, -0.15) is 22.0 Å². The van der Waals surface area contributed by atoms with Gasteiger partial charge in [0.15, 0.2) is 14.6 Å². The predicted molar refractivity (Wildman–Crippen MR) is 127 cm³/mol. The number of sulfone groups is 1. The lowest BCUT2D eigenvalue weighted by molar-refractivity contribution is -0.284. The SMILES string of the molecule is COCCOC1CCC(C(=O)NO)(S(=O)(=O)c2ccc(-c3cnc(CCC(F)(F)C(F)(F)F)cn3)cc2)CC1. The van der Waals surface area contributed by atoms with Crippen LogP contribution in [0.1, 0.15) is 37.8 Å². The molecule has 1 aromatic heterocycles. The van der Waals surface area contributed by atoms with Crippen LogP contribution in [0, 0.1) is 0 Å². The average Bonchev–Trinajstić information content (AvgIpc) is 2.91. The molecule has 0 unspecified atom stereocenters. The first-order valence-electron chi connectivity index (χ1n) is 11.9. The van der Waals surface area contributed by atoms with Crippen LogP contribution in [0.5, 0.6) is 0 Å². The number of benzene rings is 1. The van der Waals surface area contributed by atoms with Gasteiger partial charge in [-0.05, 0) is 44.2 Å². The summed E-state index contributed by atoms with van der Waals surface area (Å²) in [6.45, 7) is 0.684. The first kappa shape index (κ1) is 30.8. The van der Waals surface area contributed by atoms with E-state index in [2.05, 4.69) is 9.97 Å². The quantitative estimate of drug-likeness (QED) is 0.177. The fourth-order valence-corrected chi connectivity index (χ4v) is 6.34. The van der Waals surface area contributed by atoms with Crippen molar-refractivity contribution in [3.63, 3.8) is 0 Å². The molecule has 2 aromatic rings. The van der Waals surface area contributed by atoms with E-state index in [0.717, 1.165) is 6.20 Å². The van der Waals surface area contributed by atoms with Gasteiger partial charge in [0.05, 0.1) is 41.8 Å². The zero-order chi connectivity index (χ0) is 28.9. The molecule has 0 spiro atoms. The lowest BCUT2D eigenvalue weighted by Crippen LogP contribution is -2.54. The maximum atomic E-state index is 13.6. The normalized spacial score (nSPS) is 20.5. The summed E-state index contributed by atoms with van der Waals surface area (Å²) in [5.74, 6) is -5.89. The maximum Gasteiger partial charge on any atom is 0.453 e. The van der Waals surface area contributed by atoms with E-state index in [1.807, 2.05) is 0 Å². The summed E-state index contributed by atoms with van der Waals surface area (Å²) in [7, 11) is -2.75. The summed E-state index contributed by atoms with van der Waals surface area (Å²) in [4.78, 5) is 20.4. The van der Waals surface area contributed by atoms with Crippen LogP contribution in [-0.4, -0.2) is 72.8 Å². The van der Waals surface area contributed by atoms with E-state index in [4.69, 9.17) is 9.47 Å². The monoisotopic (exact) mass is 581 g/mol. The molecule has 1 aliphatic carbocycles. The van der Waals surface area contributed by atoms with Crippen molar-refractivity contribution in [1.82, 2.24) is 15.4 Å². The molecule has 1 fully saturated rings. The fourth-order valence-electron chi connectivity index (χ4n) is 4.33. The summed E-state index contributed by atoms with van der Waals surface area (Å²) in [5.41, 5.74) is 2.03. The Labute approximate surface area is 221 Å². The van der Waals surface area contributed by atoms with Gasteiger partial charge in [-0.25, -0.2) is 13.9 Å². The van der Waals surface area contributed by atoms with Crippen LogP contribution < -0.4 is 5.48 Å². The van der Waals surface area contributed by atoms with E-state index in [0.29, 0.717) is 18.8 Å². The maximum absolute atomic E-state index is 13.6. The summed E-state index contributed by atoms with van der Waals surface area (Å²) < 4.78 is 99.2. The van der Waals surface area contributed by atoms with Gasteiger partial charge in [0, 0.05) is 25.3 Å². The van der Waals surface area contributed by atoms with Crippen molar-refractivity contribution >= 4 is 15.7 Å². The number of alkyl halides is 5. The van der Waals surface area contributed by atoms with Crippen molar-refractivity contribution in [1.29, 1.82) is 0 Å². The molecule has 0 saturated heterocycles. The third-order valence-electron chi connectivity index (χ3n) is 6.69. The Balaban J connectivity index is 1.74. The summed E-state index contributed by atoms with van der Waals surface area (Å²) >= 11 is 0. The predicted octanol–water partition coefficient (Wildman–Crippen LogP) is 3.90.